The zero-order valence-corrected chi connectivity index (χ0v) is 15.3. The van der Waals surface area contributed by atoms with Crippen LogP contribution in [0.4, 0.5) is 0 Å². The van der Waals surface area contributed by atoms with E-state index in [2.05, 4.69) is 41.5 Å². The molecule has 0 aromatic rings. The second-order valence-corrected chi connectivity index (χ2v) is 9.41. The Morgan fingerprint density at radius 1 is 0.632 bits per heavy atom. The first-order chi connectivity index (χ1) is 8.81. The Kier molecular flexibility index (Phi) is 10.6. The molecule has 0 aliphatic rings. The van der Waals surface area contributed by atoms with Gasteiger partial charge in [0, 0.05) is 0 Å². The first-order valence-electron chi connectivity index (χ1n) is 7.37. The van der Waals surface area contributed by atoms with Crippen molar-refractivity contribution >= 4 is 0 Å². The second-order valence-electron chi connectivity index (χ2n) is 6.05. The summed E-state index contributed by atoms with van der Waals surface area (Å²) in [7, 11) is 0. The molecule has 0 radical (unpaired) electrons. The van der Waals surface area contributed by atoms with Crippen LogP contribution in [0.2, 0.25) is 0 Å². The minimum atomic E-state index is -3.55. The van der Waals surface area contributed by atoms with Crippen LogP contribution >= 0.6 is 0 Å². The van der Waals surface area contributed by atoms with Crippen molar-refractivity contribution in [3.8, 4) is 0 Å². The van der Waals surface area contributed by atoms with Gasteiger partial charge in [-0.3, -0.25) is 0 Å². The average molecular weight is 312 g/mol. The molecule has 0 rings (SSSR count). The van der Waals surface area contributed by atoms with E-state index in [1.54, 1.807) is 0 Å². The zero-order valence-electron chi connectivity index (χ0n) is 13.7. The molecule has 5 heteroatoms. The van der Waals surface area contributed by atoms with Crippen molar-refractivity contribution in [2.45, 2.75) is 48.5 Å². The third kappa shape index (κ3) is 10.00. The molecule has 0 aromatic heterocycles. The summed E-state index contributed by atoms with van der Waals surface area (Å²) in [5, 5.41) is 0. The van der Waals surface area contributed by atoms with Gasteiger partial charge in [-0.05, 0) is 0 Å². The second kappa shape index (κ2) is 10.3. The molecule has 0 bridgehead atoms. The van der Waals surface area contributed by atoms with Crippen LogP contribution in [0.15, 0.2) is 0 Å². The third-order valence-corrected chi connectivity index (χ3v) is 5.54. The van der Waals surface area contributed by atoms with Crippen molar-refractivity contribution in [2.75, 3.05) is 26.4 Å². The van der Waals surface area contributed by atoms with Crippen LogP contribution in [0.1, 0.15) is 48.5 Å². The molecular weight excluding hydrogens is 280 g/mol. The molecular formula is C14H32O4Ti. The van der Waals surface area contributed by atoms with E-state index < -0.39 is 18.1 Å². The molecule has 0 atom stereocenters. The molecule has 0 heterocycles. The van der Waals surface area contributed by atoms with E-state index in [1.807, 2.05) is 6.92 Å². The molecule has 4 nitrogen and oxygen atoms in total. The summed E-state index contributed by atoms with van der Waals surface area (Å²) in [6, 6.07) is 0. The predicted octanol–water partition coefficient (Wildman–Crippen LogP) is 3.85. The molecule has 0 aliphatic carbocycles. The number of rotatable bonds is 11. The minimum absolute atomic E-state index is 0.441. The monoisotopic (exact) mass is 312 g/mol. The van der Waals surface area contributed by atoms with E-state index in [0.29, 0.717) is 44.2 Å². The summed E-state index contributed by atoms with van der Waals surface area (Å²) < 4.78 is 23.7. The summed E-state index contributed by atoms with van der Waals surface area (Å²) >= 11 is -3.55. The topological polar surface area (TPSA) is 36.9 Å². The van der Waals surface area contributed by atoms with Gasteiger partial charge in [0.15, 0.2) is 0 Å². The van der Waals surface area contributed by atoms with Crippen molar-refractivity contribution < 1.29 is 31.4 Å². The van der Waals surface area contributed by atoms with Crippen LogP contribution in [-0.2, 0) is 31.4 Å². The van der Waals surface area contributed by atoms with Crippen molar-refractivity contribution in [3.63, 3.8) is 0 Å². The maximum absolute atomic E-state index is 5.95. The Morgan fingerprint density at radius 3 is 1.16 bits per heavy atom. The fraction of sp³-hybridized carbons (Fsp3) is 1.00. The fourth-order valence-electron chi connectivity index (χ4n) is 1.23. The van der Waals surface area contributed by atoms with Gasteiger partial charge in [-0.2, -0.15) is 0 Å². The fourth-order valence-corrected chi connectivity index (χ4v) is 5.08. The first kappa shape index (κ1) is 19.6. The van der Waals surface area contributed by atoms with E-state index >= 15 is 0 Å². The van der Waals surface area contributed by atoms with Gasteiger partial charge >= 0.3 is 124 Å². The van der Waals surface area contributed by atoms with Gasteiger partial charge in [0.1, 0.15) is 0 Å². The van der Waals surface area contributed by atoms with E-state index in [9.17, 15) is 0 Å². The Balaban J connectivity index is 4.65. The van der Waals surface area contributed by atoms with Crippen LogP contribution in [0.25, 0.3) is 0 Å². The molecule has 0 aromatic carbocycles. The van der Waals surface area contributed by atoms with Crippen molar-refractivity contribution in [2.24, 2.45) is 17.8 Å². The SMILES string of the molecule is CC[O][Ti]([O]CC(C)C)([O]CC(C)C)[O]CC(C)C. The maximum atomic E-state index is 5.95. The molecule has 0 saturated carbocycles. The van der Waals surface area contributed by atoms with Gasteiger partial charge in [0.25, 0.3) is 0 Å². The van der Waals surface area contributed by atoms with Gasteiger partial charge in [0.05, 0.1) is 0 Å². The standard InChI is InChI=1S/3C4H9O.C2H5O.Ti/c3*1-4(2)3-5;1-2-3;/h3*4H,3H2,1-2H3;2H2,1H3;/q4*-1;+4. The molecule has 0 unspecified atom stereocenters. The Labute approximate surface area is 124 Å². The van der Waals surface area contributed by atoms with E-state index in [1.165, 1.54) is 0 Å². The van der Waals surface area contributed by atoms with Gasteiger partial charge in [0.2, 0.25) is 0 Å². The van der Waals surface area contributed by atoms with Gasteiger partial charge in [-0.1, -0.05) is 0 Å². The average Bonchev–Trinajstić information content (AvgIpc) is 2.31. The molecule has 0 N–H and O–H groups in total. The normalized spacial score (nSPS) is 12.9. The molecule has 0 fully saturated rings. The van der Waals surface area contributed by atoms with Gasteiger partial charge in [-0.15, -0.1) is 0 Å². The third-order valence-electron chi connectivity index (χ3n) is 2.10. The van der Waals surface area contributed by atoms with Gasteiger partial charge < -0.3 is 0 Å². The quantitative estimate of drug-likeness (QED) is 0.543. The van der Waals surface area contributed by atoms with Gasteiger partial charge in [-0.25, -0.2) is 0 Å². The van der Waals surface area contributed by atoms with Crippen molar-refractivity contribution in [3.05, 3.63) is 0 Å². The summed E-state index contributed by atoms with van der Waals surface area (Å²) in [6.45, 7) is 17.1. The van der Waals surface area contributed by atoms with Crippen LogP contribution < -0.4 is 0 Å². The first-order valence-corrected chi connectivity index (χ1v) is 9.92. The van der Waals surface area contributed by atoms with Crippen LogP contribution in [0, 0.1) is 17.8 Å². The molecule has 19 heavy (non-hydrogen) atoms. The molecule has 0 spiro atoms. The van der Waals surface area contributed by atoms with E-state index in [4.69, 9.17) is 13.3 Å². The Bertz CT molecular complexity index is 188. The molecule has 116 valence electrons. The van der Waals surface area contributed by atoms with Crippen molar-refractivity contribution in [1.82, 2.24) is 0 Å². The Morgan fingerprint density at radius 2 is 0.947 bits per heavy atom. The van der Waals surface area contributed by atoms with Crippen LogP contribution in [0.3, 0.4) is 0 Å². The summed E-state index contributed by atoms with van der Waals surface area (Å²) in [4.78, 5) is 0. The summed E-state index contributed by atoms with van der Waals surface area (Å²) in [6.07, 6.45) is 0. The number of hydrogen-bond donors (Lipinski definition) is 0. The van der Waals surface area contributed by atoms with Crippen LogP contribution in [0.5, 0.6) is 0 Å². The Hall–Kier alpha value is 0.554. The van der Waals surface area contributed by atoms with Crippen LogP contribution in [-0.4, -0.2) is 26.4 Å². The summed E-state index contributed by atoms with van der Waals surface area (Å²) in [5.74, 6) is 1.32. The zero-order chi connectivity index (χ0) is 14.9. The predicted molar refractivity (Wildman–Crippen MR) is 74.0 cm³/mol. The van der Waals surface area contributed by atoms with E-state index in [0.717, 1.165) is 0 Å². The molecule has 0 saturated heterocycles. The van der Waals surface area contributed by atoms with Crippen molar-refractivity contribution in [1.29, 1.82) is 0 Å². The number of hydrogen-bond acceptors (Lipinski definition) is 4. The molecule has 0 amide bonds. The molecule has 0 aliphatic heterocycles. The van der Waals surface area contributed by atoms with E-state index in [-0.39, 0.29) is 0 Å². The summed E-state index contributed by atoms with van der Waals surface area (Å²) in [5.41, 5.74) is 0.